The minimum Gasteiger partial charge on any atom is -0.330 e. The monoisotopic (exact) mass is 235 g/mol. The molecule has 16 heavy (non-hydrogen) atoms. The molecule has 0 aliphatic carbocycles. The van der Waals surface area contributed by atoms with Gasteiger partial charge >= 0.3 is 0 Å². The third-order valence-corrected chi connectivity index (χ3v) is 2.69. The molecule has 2 aromatic rings. The Morgan fingerprint density at radius 3 is 2.62 bits per heavy atom. The predicted molar refractivity (Wildman–Crippen MR) is 66.4 cm³/mol. The van der Waals surface area contributed by atoms with Gasteiger partial charge in [-0.3, -0.25) is 4.68 Å². The molecule has 0 aliphatic heterocycles. The highest BCUT2D eigenvalue weighted by atomic mass is 35.5. The average molecular weight is 236 g/mol. The number of nitrogens with zero attached hydrogens (tertiary/aromatic N) is 2. The molecule has 0 bridgehead atoms. The van der Waals surface area contributed by atoms with Crippen LogP contribution in [0.2, 0.25) is 5.02 Å². The fraction of sp³-hybridized carbons (Fsp3) is 0.250. The van der Waals surface area contributed by atoms with E-state index in [0.29, 0.717) is 6.54 Å². The molecule has 0 aliphatic rings. The van der Waals surface area contributed by atoms with Gasteiger partial charge in [0, 0.05) is 30.3 Å². The van der Waals surface area contributed by atoms with Gasteiger partial charge in [-0.05, 0) is 24.2 Å². The zero-order valence-corrected chi connectivity index (χ0v) is 9.91. The van der Waals surface area contributed by atoms with Crippen molar-refractivity contribution < 1.29 is 0 Å². The molecular formula is C12H14ClN3. The minimum absolute atomic E-state index is 0.609. The number of hydrogen-bond acceptors (Lipinski definition) is 2. The van der Waals surface area contributed by atoms with Gasteiger partial charge in [0.25, 0.3) is 0 Å². The Balaban J connectivity index is 2.42. The zero-order valence-electron chi connectivity index (χ0n) is 9.15. The normalized spacial score (nSPS) is 10.7. The van der Waals surface area contributed by atoms with E-state index in [1.54, 1.807) is 0 Å². The minimum atomic E-state index is 0.609. The summed E-state index contributed by atoms with van der Waals surface area (Å²) in [5.41, 5.74) is 8.86. The number of aryl methyl sites for hydroxylation is 1. The number of rotatable bonds is 3. The molecule has 0 spiro atoms. The van der Waals surface area contributed by atoms with Gasteiger partial charge < -0.3 is 5.73 Å². The van der Waals surface area contributed by atoms with E-state index in [2.05, 4.69) is 5.10 Å². The second-order valence-electron chi connectivity index (χ2n) is 3.71. The Morgan fingerprint density at radius 2 is 2.00 bits per heavy atom. The van der Waals surface area contributed by atoms with Gasteiger partial charge in [-0.1, -0.05) is 23.7 Å². The fourth-order valence-electron chi connectivity index (χ4n) is 1.73. The van der Waals surface area contributed by atoms with Crippen LogP contribution in [0.15, 0.2) is 30.5 Å². The lowest BCUT2D eigenvalue weighted by molar-refractivity contribution is 0.739. The summed E-state index contributed by atoms with van der Waals surface area (Å²) in [5, 5.41) is 5.15. The van der Waals surface area contributed by atoms with Crippen molar-refractivity contribution in [1.29, 1.82) is 0 Å². The average Bonchev–Trinajstić information content (AvgIpc) is 2.61. The molecule has 2 rings (SSSR count). The van der Waals surface area contributed by atoms with E-state index in [4.69, 9.17) is 17.3 Å². The highest BCUT2D eigenvalue weighted by Gasteiger charge is 2.08. The van der Waals surface area contributed by atoms with Crippen molar-refractivity contribution in [3.05, 3.63) is 41.2 Å². The Bertz CT molecular complexity index is 474. The lowest BCUT2D eigenvalue weighted by atomic mass is 10.1. The van der Waals surface area contributed by atoms with Crippen LogP contribution in [0.4, 0.5) is 0 Å². The summed E-state index contributed by atoms with van der Waals surface area (Å²) in [7, 11) is 1.92. The Kier molecular flexibility index (Phi) is 3.27. The second-order valence-corrected chi connectivity index (χ2v) is 4.15. The van der Waals surface area contributed by atoms with Crippen molar-refractivity contribution >= 4 is 11.6 Å². The molecular weight excluding hydrogens is 222 g/mol. The van der Waals surface area contributed by atoms with Crippen molar-refractivity contribution in [2.24, 2.45) is 12.8 Å². The molecule has 3 nitrogen and oxygen atoms in total. The van der Waals surface area contributed by atoms with Gasteiger partial charge in [0.05, 0.1) is 5.69 Å². The Labute approximate surface area is 99.8 Å². The van der Waals surface area contributed by atoms with Crippen LogP contribution in [0.25, 0.3) is 11.1 Å². The van der Waals surface area contributed by atoms with Crippen LogP contribution in [0.3, 0.4) is 0 Å². The first-order valence-electron chi connectivity index (χ1n) is 5.19. The van der Waals surface area contributed by atoms with Crippen molar-refractivity contribution in [1.82, 2.24) is 9.78 Å². The van der Waals surface area contributed by atoms with Crippen molar-refractivity contribution in [2.45, 2.75) is 6.42 Å². The molecule has 0 unspecified atom stereocenters. The van der Waals surface area contributed by atoms with E-state index >= 15 is 0 Å². The van der Waals surface area contributed by atoms with Gasteiger partial charge in [-0.25, -0.2) is 0 Å². The number of aromatic nitrogens is 2. The van der Waals surface area contributed by atoms with Crippen LogP contribution in [-0.2, 0) is 13.5 Å². The van der Waals surface area contributed by atoms with E-state index < -0.39 is 0 Å². The molecule has 0 fully saturated rings. The largest absolute Gasteiger partial charge is 0.330 e. The van der Waals surface area contributed by atoms with Crippen LogP contribution in [0.1, 0.15) is 5.69 Å². The summed E-state index contributed by atoms with van der Waals surface area (Å²) in [6.45, 7) is 0.609. The maximum absolute atomic E-state index is 5.86. The van der Waals surface area contributed by atoms with Crippen LogP contribution in [0, 0.1) is 0 Å². The second kappa shape index (κ2) is 4.68. The smallest absolute Gasteiger partial charge is 0.0715 e. The molecule has 0 radical (unpaired) electrons. The van der Waals surface area contributed by atoms with E-state index in [0.717, 1.165) is 28.3 Å². The van der Waals surface area contributed by atoms with E-state index in [1.807, 2.05) is 42.2 Å². The molecule has 0 saturated carbocycles. The van der Waals surface area contributed by atoms with E-state index in [-0.39, 0.29) is 0 Å². The Morgan fingerprint density at radius 1 is 1.31 bits per heavy atom. The summed E-state index contributed by atoms with van der Waals surface area (Å²) in [6, 6.07) is 7.77. The molecule has 0 saturated heterocycles. The molecule has 2 N–H and O–H groups in total. The summed E-state index contributed by atoms with van der Waals surface area (Å²) in [4.78, 5) is 0. The van der Waals surface area contributed by atoms with Crippen molar-refractivity contribution in [2.75, 3.05) is 6.54 Å². The number of benzene rings is 1. The SMILES string of the molecule is Cn1cc(-c2ccc(Cl)cc2)c(CCN)n1. The van der Waals surface area contributed by atoms with E-state index in [9.17, 15) is 0 Å². The third-order valence-electron chi connectivity index (χ3n) is 2.44. The Hall–Kier alpha value is -1.32. The molecule has 1 aromatic carbocycles. The number of nitrogens with two attached hydrogens (primary N) is 1. The number of halogens is 1. The summed E-state index contributed by atoms with van der Waals surface area (Å²) in [5.74, 6) is 0. The van der Waals surface area contributed by atoms with Gasteiger partial charge in [0.2, 0.25) is 0 Å². The van der Waals surface area contributed by atoms with Crippen molar-refractivity contribution in [3.63, 3.8) is 0 Å². The zero-order chi connectivity index (χ0) is 11.5. The number of hydrogen-bond donors (Lipinski definition) is 1. The van der Waals surface area contributed by atoms with Crippen molar-refractivity contribution in [3.8, 4) is 11.1 Å². The predicted octanol–water partition coefficient (Wildman–Crippen LogP) is 2.24. The summed E-state index contributed by atoms with van der Waals surface area (Å²) < 4.78 is 1.81. The molecule has 4 heteroatoms. The molecule has 0 atom stereocenters. The van der Waals surface area contributed by atoms with Crippen LogP contribution in [-0.4, -0.2) is 16.3 Å². The first kappa shape index (κ1) is 11.2. The molecule has 1 heterocycles. The van der Waals surface area contributed by atoms with Gasteiger partial charge in [0.1, 0.15) is 0 Å². The molecule has 1 aromatic heterocycles. The lowest BCUT2D eigenvalue weighted by Gasteiger charge is -2.01. The summed E-state index contributed by atoms with van der Waals surface area (Å²) >= 11 is 5.86. The summed E-state index contributed by atoms with van der Waals surface area (Å²) in [6.07, 6.45) is 2.80. The van der Waals surface area contributed by atoms with Gasteiger partial charge in [-0.15, -0.1) is 0 Å². The molecule has 84 valence electrons. The fourth-order valence-corrected chi connectivity index (χ4v) is 1.85. The maximum Gasteiger partial charge on any atom is 0.0715 e. The van der Waals surface area contributed by atoms with Crippen LogP contribution >= 0.6 is 11.6 Å². The lowest BCUT2D eigenvalue weighted by Crippen LogP contribution is -2.04. The first-order valence-corrected chi connectivity index (χ1v) is 5.57. The highest BCUT2D eigenvalue weighted by molar-refractivity contribution is 6.30. The third kappa shape index (κ3) is 2.26. The topological polar surface area (TPSA) is 43.8 Å². The quantitative estimate of drug-likeness (QED) is 0.887. The highest BCUT2D eigenvalue weighted by Crippen LogP contribution is 2.24. The van der Waals surface area contributed by atoms with Gasteiger partial charge in [0.15, 0.2) is 0 Å². The van der Waals surface area contributed by atoms with Crippen LogP contribution in [0.5, 0.6) is 0 Å². The van der Waals surface area contributed by atoms with E-state index in [1.165, 1.54) is 0 Å². The van der Waals surface area contributed by atoms with Gasteiger partial charge in [-0.2, -0.15) is 5.10 Å². The maximum atomic E-state index is 5.86. The standard InChI is InChI=1S/C12H14ClN3/c1-16-8-11(12(15-16)6-7-14)9-2-4-10(13)5-3-9/h2-5,8H,6-7,14H2,1H3. The molecule has 0 amide bonds. The first-order chi connectivity index (χ1) is 7.70. The van der Waals surface area contributed by atoms with Crippen LogP contribution < -0.4 is 5.73 Å².